The SMILES string of the molecule is CN=CC(=CN)c1cc(-c2ccc(N(C)CCN(C)Cc3ccc(OC)nc3)nc2)c2c(C#N)cnn2c1. The molecule has 4 aromatic heterocycles. The molecule has 0 fully saturated rings. The maximum atomic E-state index is 9.65. The van der Waals surface area contributed by atoms with Gasteiger partial charge in [-0.1, -0.05) is 6.07 Å². The van der Waals surface area contributed by atoms with E-state index in [4.69, 9.17) is 15.5 Å². The molecule has 0 atom stereocenters. The molecule has 4 aromatic rings. The lowest BCUT2D eigenvalue weighted by atomic mass is 10.0. The Labute approximate surface area is 222 Å². The van der Waals surface area contributed by atoms with Crippen LogP contribution in [-0.2, 0) is 6.54 Å². The van der Waals surface area contributed by atoms with Crippen molar-refractivity contribution in [3.63, 3.8) is 0 Å². The van der Waals surface area contributed by atoms with E-state index in [9.17, 15) is 5.26 Å². The number of ether oxygens (including phenoxy) is 1. The fourth-order valence-electron chi connectivity index (χ4n) is 4.16. The predicted molar refractivity (Wildman–Crippen MR) is 150 cm³/mol. The van der Waals surface area contributed by atoms with Crippen molar-refractivity contribution in [3.05, 3.63) is 78.0 Å². The van der Waals surface area contributed by atoms with Crippen LogP contribution in [0.5, 0.6) is 5.88 Å². The van der Waals surface area contributed by atoms with Crippen LogP contribution in [0.15, 0.2) is 66.3 Å². The van der Waals surface area contributed by atoms with Crippen molar-refractivity contribution in [1.29, 1.82) is 5.26 Å². The number of nitriles is 1. The summed E-state index contributed by atoms with van der Waals surface area (Å²) in [6.07, 6.45) is 10.3. The third-order valence-electron chi connectivity index (χ3n) is 6.24. The number of hydrogen-bond acceptors (Lipinski definition) is 9. The summed E-state index contributed by atoms with van der Waals surface area (Å²) in [6, 6.07) is 12.1. The van der Waals surface area contributed by atoms with E-state index < -0.39 is 0 Å². The topological polar surface area (TPSA) is 121 Å². The number of methoxy groups -OCH3 is 1. The minimum Gasteiger partial charge on any atom is -0.481 e. The molecule has 0 unspecified atom stereocenters. The normalized spacial score (nSPS) is 11.8. The summed E-state index contributed by atoms with van der Waals surface area (Å²) in [6.45, 7) is 2.44. The van der Waals surface area contributed by atoms with Crippen LogP contribution in [0, 0.1) is 11.3 Å². The molecular weight excluding hydrogens is 478 g/mol. The lowest BCUT2D eigenvalue weighted by Crippen LogP contribution is -2.30. The van der Waals surface area contributed by atoms with E-state index in [0.717, 1.165) is 58.8 Å². The van der Waals surface area contributed by atoms with Crippen molar-refractivity contribution >= 4 is 23.1 Å². The van der Waals surface area contributed by atoms with E-state index in [2.05, 4.69) is 38.0 Å². The molecule has 10 heteroatoms. The number of fused-ring (bicyclic) bond motifs is 1. The van der Waals surface area contributed by atoms with Crippen molar-refractivity contribution in [1.82, 2.24) is 24.5 Å². The molecule has 0 radical (unpaired) electrons. The molecule has 194 valence electrons. The lowest BCUT2D eigenvalue weighted by molar-refractivity contribution is 0.333. The van der Waals surface area contributed by atoms with Crippen LogP contribution in [-0.4, -0.2) is 72.0 Å². The number of likely N-dealkylation sites (N-methyl/N-ethyl adjacent to an activating group) is 2. The van der Waals surface area contributed by atoms with Gasteiger partial charge in [0.05, 0.1) is 24.4 Å². The molecule has 0 aliphatic heterocycles. The number of pyridine rings is 3. The maximum absolute atomic E-state index is 9.65. The highest BCUT2D eigenvalue weighted by atomic mass is 16.5. The molecular formula is C28H31N9O. The van der Waals surface area contributed by atoms with Crippen LogP contribution in [0.1, 0.15) is 16.7 Å². The van der Waals surface area contributed by atoms with Crippen LogP contribution in [0.25, 0.3) is 22.2 Å². The summed E-state index contributed by atoms with van der Waals surface area (Å²) in [5.74, 6) is 1.47. The van der Waals surface area contributed by atoms with Crippen molar-refractivity contribution in [2.45, 2.75) is 6.54 Å². The number of aromatic nitrogens is 4. The molecule has 0 saturated carbocycles. The number of hydrogen-bond donors (Lipinski definition) is 1. The van der Waals surface area contributed by atoms with Gasteiger partial charge < -0.3 is 20.3 Å². The molecule has 0 aliphatic rings. The van der Waals surface area contributed by atoms with Crippen molar-refractivity contribution in [3.8, 4) is 23.1 Å². The number of nitrogens with zero attached hydrogens (tertiary/aromatic N) is 8. The van der Waals surface area contributed by atoms with Crippen molar-refractivity contribution in [2.75, 3.05) is 46.2 Å². The Kier molecular flexibility index (Phi) is 8.30. The van der Waals surface area contributed by atoms with E-state index >= 15 is 0 Å². The first kappa shape index (κ1) is 26.3. The van der Waals surface area contributed by atoms with Gasteiger partial charge in [0.25, 0.3) is 0 Å². The maximum Gasteiger partial charge on any atom is 0.212 e. The molecule has 0 bridgehead atoms. The van der Waals surface area contributed by atoms with Gasteiger partial charge in [0, 0.05) is 93.1 Å². The Bertz CT molecular complexity index is 1480. The van der Waals surface area contributed by atoms with Gasteiger partial charge >= 0.3 is 0 Å². The molecule has 0 spiro atoms. The Hall–Kier alpha value is -4.75. The fourth-order valence-corrected chi connectivity index (χ4v) is 4.16. The largest absolute Gasteiger partial charge is 0.481 e. The first-order valence-electron chi connectivity index (χ1n) is 12.1. The number of aliphatic imine (C=N–C) groups is 1. The highest BCUT2D eigenvalue weighted by Crippen LogP contribution is 2.30. The third-order valence-corrected chi connectivity index (χ3v) is 6.24. The minimum atomic E-state index is 0.491. The Morgan fingerprint density at radius 2 is 2.00 bits per heavy atom. The van der Waals surface area contributed by atoms with E-state index in [1.54, 1.807) is 31.1 Å². The van der Waals surface area contributed by atoms with E-state index in [1.165, 1.54) is 6.20 Å². The average Bonchev–Trinajstić information content (AvgIpc) is 3.38. The standard InChI is InChI=1S/C28H31N9O/c1-31-15-23(12-29)22-11-25(28-24(13-30)17-34-37(28)19-22)21-6-7-26(32-16-21)36(3)10-9-35(2)18-20-5-8-27(38-4)33-14-20/h5-8,11-12,14-17,19H,9-10,18,29H2,1-4H3. The smallest absolute Gasteiger partial charge is 0.212 e. The fraction of sp³-hybridized carbons (Fsp3) is 0.250. The van der Waals surface area contributed by atoms with E-state index in [0.29, 0.717) is 11.4 Å². The van der Waals surface area contributed by atoms with Crippen molar-refractivity contribution in [2.24, 2.45) is 10.7 Å². The van der Waals surface area contributed by atoms with Gasteiger partial charge in [0.1, 0.15) is 11.9 Å². The molecule has 0 amide bonds. The Morgan fingerprint density at radius 3 is 2.63 bits per heavy atom. The summed E-state index contributed by atoms with van der Waals surface area (Å²) in [4.78, 5) is 17.4. The van der Waals surface area contributed by atoms with Crippen LogP contribution in [0.4, 0.5) is 5.82 Å². The second-order valence-corrected chi connectivity index (χ2v) is 8.89. The first-order valence-corrected chi connectivity index (χ1v) is 12.1. The Balaban J connectivity index is 1.51. The predicted octanol–water partition coefficient (Wildman–Crippen LogP) is 3.24. The van der Waals surface area contributed by atoms with E-state index in [1.807, 2.05) is 56.0 Å². The average molecular weight is 510 g/mol. The van der Waals surface area contributed by atoms with Gasteiger partial charge in [-0.3, -0.25) is 4.99 Å². The van der Waals surface area contributed by atoms with Crippen molar-refractivity contribution < 1.29 is 4.74 Å². The third kappa shape index (κ3) is 5.79. The number of allylic oxidation sites excluding steroid dienone is 1. The molecule has 2 N–H and O–H groups in total. The molecule has 10 nitrogen and oxygen atoms in total. The Morgan fingerprint density at radius 1 is 1.16 bits per heavy atom. The molecule has 0 aromatic carbocycles. The summed E-state index contributed by atoms with van der Waals surface area (Å²) < 4.78 is 6.83. The van der Waals surface area contributed by atoms with Crippen LogP contribution < -0.4 is 15.4 Å². The zero-order valence-corrected chi connectivity index (χ0v) is 22.0. The first-order chi connectivity index (χ1) is 18.5. The van der Waals surface area contributed by atoms with Gasteiger partial charge in [0.2, 0.25) is 5.88 Å². The van der Waals surface area contributed by atoms with Crippen LogP contribution in [0.3, 0.4) is 0 Å². The quantitative estimate of drug-likeness (QED) is 0.324. The number of rotatable bonds is 10. The summed E-state index contributed by atoms with van der Waals surface area (Å²) in [7, 11) is 7.41. The lowest BCUT2D eigenvalue weighted by Gasteiger charge is -2.23. The van der Waals surface area contributed by atoms with Gasteiger partial charge in [-0.15, -0.1) is 0 Å². The molecule has 0 saturated heterocycles. The summed E-state index contributed by atoms with van der Waals surface area (Å²) in [5.41, 5.74) is 11.5. The van der Waals surface area contributed by atoms with E-state index in [-0.39, 0.29) is 0 Å². The van der Waals surface area contributed by atoms with Gasteiger partial charge in [0.15, 0.2) is 0 Å². The highest BCUT2D eigenvalue weighted by molar-refractivity contribution is 6.10. The summed E-state index contributed by atoms with van der Waals surface area (Å²) >= 11 is 0. The van der Waals surface area contributed by atoms with Crippen LogP contribution in [0.2, 0.25) is 0 Å². The summed E-state index contributed by atoms with van der Waals surface area (Å²) in [5, 5.41) is 14.0. The zero-order valence-electron chi connectivity index (χ0n) is 22.0. The van der Waals surface area contributed by atoms with Gasteiger partial charge in [-0.2, -0.15) is 10.4 Å². The number of anilines is 1. The van der Waals surface area contributed by atoms with Gasteiger partial charge in [-0.05, 0) is 30.8 Å². The zero-order chi connectivity index (χ0) is 27.1. The molecule has 4 heterocycles. The number of nitrogens with two attached hydrogens (primary N) is 1. The molecule has 38 heavy (non-hydrogen) atoms. The van der Waals surface area contributed by atoms with Crippen LogP contribution >= 0.6 is 0 Å². The second kappa shape index (κ2) is 12.0. The molecule has 0 aliphatic carbocycles. The minimum absolute atomic E-state index is 0.491. The monoisotopic (exact) mass is 509 g/mol. The second-order valence-electron chi connectivity index (χ2n) is 8.89. The highest BCUT2D eigenvalue weighted by Gasteiger charge is 2.15. The molecule has 4 rings (SSSR count). The van der Waals surface area contributed by atoms with Gasteiger partial charge in [-0.25, -0.2) is 14.5 Å².